The number of aryl methyl sites for hydroxylation is 2. The summed E-state index contributed by atoms with van der Waals surface area (Å²) in [7, 11) is 1.90. The minimum absolute atomic E-state index is 0.124. The lowest BCUT2D eigenvalue weighted by Crippen LogP contribution is -2.23. The summed E-state index contributed by atoms with van der Waals surface area (Å²) in [6.07, 6.45) is 3.49. The van der Waals surface area contributed by atoms with Gasteiger partial charge in [0.05, 0.1) is 28.4 Å². The fourth-order valence-electron chi connectivity index (χ4n) is 5.16. The van der Waals surface area contributed by atoms with Gasteiger partial charge in [-0.1, -0.05) is 29.8 Å². The van der Waals surface area contributed by atoms with Crippen LogP contribution >= 0.6 is 22.9 Å². The standard InChI is InChI=1S/C33H29ClN4O3S/c1-18-11-25-31(30(24(18)15-29(39)40)23-10-9-22(34)14-28(23)41-33(2,3)4)42-32(37-25)20-8-6-7-19(12-20)21-13-27-26(35-16-21)17-36-38(27)5/h6-14,16-17H,15H2,1-5H3,(H,39,40). The lowest BCUT2D eigenvalue weighted by atomic mass is 9.92. The first-order valence-electron chi connectivity index (χ1n) is 13.5. The smallest absolute Gasteiger partial charge is 0.307 e. The van der Waals surface area contributed by atoms with Crippen molar-refractivity contribution in [3.05, 3.63) is 83.1 Å². The number of hydrogen-bond donors (Lipinski definition) is 1. The molecule has 9 heteroatoms. The molecular weight excluding hydrogens is 568 g/mol. The van der Waals surface area contributed by atoms with Crippen molar-refractivity contribution in [2.45, 2.75) is 39.7 Å². The zero-order chi connectivity index (χ0) is 29.8. The Morgan fingerprint density at radius 1 is 1.02 bits per heavy atom. The number of benzene rings is 3. The summed E-state index contributed by atoms with van der Waals surface area (Å²) in [4.78, 5) is 21.6. The van der Waals surface area contributed by atoms with Gasteiger partial charge in [0.2, 0.25) is 0 Å². The van der Waals surface area contributed by atoms with Gasteiger partial charge >= 0.3 is 5.97 Å². The largest absolute Gasteiger partial charge is 0.487 e. The van der Waals surface area contributed by atoms with Crippen LogP contribution in [0.15, 0.2) is 67.0 Å². The molecule has 0 amide bonds. The van der Waals surface area contributed by atoms with E-state index < -0.39 is 11.6 Å². The molecule has 0 bridgehead atoms. The zero-order valence-electron chi connectivity index (χ0n) is 23.9. The molecule has 0 aliphatic heterocycles. The molecule has 7 nitrogen and oxygen atoms in total. The van der Waals surface area contributed by atoms with Crippen LogP contribution in [0.2, 0.25) is 5.02 Å². The second kappa shape index (κ2) is 10.5. The predicted octanol–water partition coefficient (Wildman–Crippen LogP) is 8.35. The molecule has 6 rings (SSSR count). The third kappa shape index (κ3) is 5.35. The van der Waals surface area contributed by atoms with E-state index in [-0.39, 0.29) is 6.42 Å². The van der Waals surface area contributed by atoms with Gasteiger partial charge in [-0.2, -0.15) is 5.10 Å². The Hall–Kier alpha value is -4.27. The number of nitrogens with zero attached hydrogens (tertiary/aromatic N) is 4. The number of thiazole rings is 1. The summed E-state index contributed by atoms with van der Waals surface area (Å²) >= 11 is 7.94. The van der Waals surface area contributed by atoms with E-state index >= 15 is 0 Å². The molecule has 3 heterocycles. The Morgan fingerprint density at radius 3 is 2.57 bits per heavy atom. The van der Waals surface area contributed by atoms with Crippen molar-refractivity contribution in [2.75, 3.05) is 0 Å². The topological polar surface area (TPSA) is 90.1 Å². The molecule has 212 valence electrons. The maximum absolute atomic E-state index is 12.0. The predicted molar refractivity (Wildman–Crippen MR) is 169 cm³/mol. The number of ether oxygens (including phenoxy) is 1. The fourth-order valence-corrected chi connectivity index (χ4v) is 6.44. The van der Waals surface area contributed by atoms with Gasteiger partial charge < -0.3 is 9.84 Å². The highest BCUT2D eigenvalue weighted by Gasteiger charge is 2.24. The summed E-state index contributed by atoms with van der Waals surface area (Å²) in [5.74, 6) is -0.300. The van der Waals surface area contributed by atoms with E-state index in [4.69, 9.17) is 21.3 Å². The first-order valence-corrected chi connectivity index (χ1v) is 14.7. The van der Waals surface area contributed by atoms with Crippen LogP contribution in [0.25, 0.3) is 54.1 Å². The van der Waals surface area contributed by atoms with Crippen LogP contribution in [0.4, 0.5) is 0 Å². The SMILES string of the molecule is Cc1cc2nc(-c3cccc(-c4cnc5cnn(C)c5c4)c3)sc2c(-c2ccc(Cl)cc2OC(C)(C)C)c1CC(=O)O. The molecule has 6 aromatic rings. The number of fused-ring (bicyclic) bond motifs is 2. The number of rotatable bonds is 6. The van der Waals surface area contributed by atoms with Crippen molar-refractivity contribution in [3.8, 4) is 38.6 Å². The monoisotopic (exact) mass is 596 g/mol. The van der Waals surface area contributed by atoms with Crippen LogP contribution < -0.4 is 4.74 Å². The summed E-state index contributed by atoms with van der Waals surface area (Å²) < 4.78 is 9.06. The molecule has 0 aliphatic carbocycles. The molecule has 0 saturated carbocycles. The number of hydrogen-bond acceptors (Lipinski definition) is 6. The van der Waals surface area contributed by atoms with E-state index in [1.807, 2.05) is 76.0 Å². The maximum Gasteiger partial charge on any atom is 0.307 e. The Labute approximate surface area is 252 Å². The summed E-state index contributed by atoms with van der Waals surface area (Å²) in [5.41, 5.74) is 8.29. The Morgan fingerprint density at radius 2 is 1.81 bits per heavy atom. The third-order valence-electron chi connectivity index (χ3n) is 7.01. The summed E-state index contributed by atoms with van der Waals surface area (Å²) in [6.45, 7) is 7.85. The molecule has 0 radical (unpaired) electrons. The number of carboxylic acid groups (broad SMARTS) is 1. The van der Waals surface area contributed by atoms with Gasteiger partial charge in [-0.3, -0.25) is 14.5 Å². The van der Waals surface area contributed by atoms with Gasteiger partial charge in [-0.25, -0.2) is 4.98 Å². The van der Waals surface area contributed by atoms with E-state index in [1.54, 1.807) is 23.6 Å². The van der Waals surface area contributed by atoms with E-state index in [0.29, 0.717) is 10.8 Å². The van der Waals surface area contributed by atoms with Gasteiger partial charge in [-0.15, -0.1) is 11.3 Å². The van der Waals surface area contributed by atoms with Gasteiger partial charge in [0.25, 0.3) is 0 Å². The fraction of sp³-hybridized carbons (Fsp3) is 0.212. The van der Waals surface area contributed by atoms with Crippen LogP contribution in [-0.2, 0) is 18.3 Å². The number of halogens is 1. The molecule has 3 aromatic carbocycles. The first-order chi connectivity index (χ1) is 20.0. The second-order valence-electron chi connectivity index (χ2n) is 11.3. The van der Waals surface area contributed by atoms with Gasteiger partial charge in [0.1, 0.15) is 21.9 Å². The highest BCUT2D eigenvalue weighted by Crippen LogP contribution is 2.45. The normalized spacial score (nSPS) is 11.9. The van der Waals surface area contributed by atoms with Crippen LogP contribution in [0.3, 0.4) is 0 Å². The van der Waals surface area contributed by atoms with Crippen molar-refractivity contribution in [1.82, 2.24) is 19.7 Å². The van der Waals surface area contributed by atoms with Crippen LogP contribution in [0.1, 0.15) is 31.9 Å². The Bertz CT molecular complexity index is 2000. The van der Waals surface area contributed by atoms with Crippen LogP contribution in [0.5, 0.6) is 5.75 Å². The molecular formula is C33H29ClN4O3S. The average Bonchev–Trinajstić information content (AvgIpc) is 3.52. The number of aromatic nitrogens is 4. The van der Waals surface area contributed by atoms with Crippen LogP contribution in [-0.4, -0.2) is 36.4 Å². The molecule has 0 aliphatic rings. The van der Waals surface area contributed by atoms with Crippen molar-refractivity contribution < 1.29 is 14.6 Å². The van der Waals surface area contributed by atoms with E-state index in [0.717, 1.165) is 65.2 Å². The van der Waals surface area contributed by atoms with E-state index in [2.05, 4.69) is 28.3 Å². The maximum atomic E-state index is 12.0. The molecule has 0 spiro atoms. The molecule has 0 fully saturated rings. The lowest BCUT2D eigenvalue weighted by Gasteiger charge is -2.24. The van der Waals surface area contributed by atoms with Gasteiger partial charge in [0.15, 0.2) is 0 Å². The summed E-state index contributed by atoms with van der Waals surface area (Å²) in [5, 5.41) is 15.5. The number of carboxylic acids is 1. The molecule has 42 heavy (non-hydrogen) atoms. The minimum atomic E-state index is -0.901. The minimum Gasteiger partial charge on any atom is -0.487 e. The number of aliphatic carboxylic acids is 1. The number of carbonyl (C=O) groups is 1. The van der Waals surface area contributed by atoms with Crippen molar-refractivity contribution in [1.29, 1.82) is 0 Å². The molecule has 1 N–H and O–H groups in total. The van der Waals surface area contributed by atoms with Crippen molar-refractivity contribution in [2.24, 2.45) is 7.05 Å². The highest BCUT2D eigenvalue weighted by molar-refractivity contribution is 7.22. The zero-order valence-corrected chi connectivity index (χ0v) is 25.5. The molecule has 3 aromatic heterocycles. The lowest BCUT2D eigenvalue weighted by molar-refractivity contribution is -0.136. The Balaban J connectivity index is 1.54. The van der Waals surface area contributed by atoms with E-state index in [1.165, 1.54) is 0 Å². The van der Waals surface area contributed by atoms with E-state index in [9.17, 15) is 9.90 Å². The number of pyridine rings is 1. The first kappa shape index (κ1) is 27.9. The van der Waals surface area contributed by atoms with Crippen LogP contribution in [0, 0.1) is 6.92 Å². The molecule has 0 saturated heterocycles. The quantitative estimate of drug-likeness (QED) is 0.208. The Kier molecular flexibility index (Phi) is 6.99. The van der Waals surface area contributed by atoms with Crippen molar-refractivity contribution >= 4 is 50.2 Å². The second-order valence-corrected chi connectivity index (χ2v) is 12.8. The van der Waals surface area contributed by atoms with Crippen molar-refractivity contribution in [3.63, 3.8) is 0 Å². The van der Waals surface area contributed by atoms with Gasteiger partial charge in [0, 0.05) is 40.5 Å². The molecule has 0 unspecified atom stereocenters. The third-order valence-corrected chi connectivity index (χ3v) is 8.38. The average molecular weight is 597 g/mol. The summed E-state index contributed by atoms with van der Waals surface area (Å²) in [6, 6.07) is 17.8. The highest BCUT2D eigenvalue weighted by atomic mass is 35.5. The van der Waals surface area contributed by atoms with Gasteiger partial charge in [-0.05, 0) is 80.8 Å². The molecule has 0 atom stereocenters.